The lowest BCUT2D eigenvalue weighted by atomic mass is 10.1. The molecule has 3 rings (SSSR count). The molecule has 1 unspecified atom stereocenters. The van der Waals surface area contributed by atoms with Crippen LogP contribution in [0.15, 0.2) is 64.1 Å². The van der Waals surface area contributed by atoms with E-state index < -0.39 is 15.6 Å². The van der Waals surface area contributed by atoms with Crippen LogP contribution in [0.25, 0.3) is 0 Å². The Labute approximate surface area is 188 Å². The number of aromatic nitrogens is 1. The minimum atomic E-state index is -2.90. The number of carbonyl (C=O) groups is 1. The van der Waals surface area contributed by atoms with E-state index in [4.69, 9.17) is 9.47 Å². The van der Waals surface area contributed by atoms with E-state index in [-0.39, 0.29) is 5.56 Å². The Morgan fingerprint density at radius 1 is 0.875 bits per heavy atom. The first kappa shape index (κ1) is 23.0. The molecule has 0 saturated carbocycles. The normalized spacial score (nSPS) is 12.2. The van der Waals surface area contributed by atoms with E-state index in [9.17, 15) is 9.00 Å². The molecule has 0 aliphatic carbocycles. The highest BCUT2D eigenvalue weighted by Gasteiger charge is 2.13. The van der Waals surface area contributed by atoms with E-state index in [1.54, 1.807) is 56.8 Å². The number of hydrogen-bond donors (Lipinski definition) is 0. The minimum absolute atomic E-state index is 0.221. The number of ether oxygens (including phenoxy) is 2. The lowest BCUT2D eigenvalue weighted by Gasteiger charge is -2.07. The van der Waals surface area contributed by atoms with Crippen molar-refractivity contribution in [1.82, 2.24) is 4.98 Å². The van der Waals surface area contributed by atoms with Crippen molar-refractivity contribution in [1.29, 1.82) is 0 Å². The topological polar surface area (TPSA) is 77.9 Å². The maximum atomic E-state index is 13.1. The zero-order valence-corrected chi connectivity index (χ0v) is 19.4. The number of rotatable bonds is 4. The number of carbonyl (C=O) groups excluding carboxylic acids is 1. The van der Waals surface area contributed by atoms with Crippen LogP contribution in [-0.2, 0) is 9.73 Å². The fraction of sp³-hybridized carbons (Fsp3) is 0.200. The van der Waals surface area contributed by atoms with Crippen molar-refractivity contribution in [2.75, 3.05) is 20.5 Å². The quantitative estimate of drug-likeness (QED) is 0.553. The van der Waals surface area contributed by atoms with Gasteiger partial charge in [0.25, 0.3) is 5.91 Å². The van der Waals surface area contributed by atoms with Gasteiger partial charge in [-0.15, -0.1) is 0 Å². The summed E-state index contributed by atoms with van der Waals surface area (Å²) in [6.07, 6.45) is 4.41. The number of benzene rings is 2. The maximum absolute atomic E-state index is 13.1. The summed E-state index contributed by atoms with van der Waals surface area (Å²) in [4.78, 5) is 17.3. The van der Waals surface area contributed by atoms with Gasteiger partial charge in [0.1, 0.15) is 11.5 Å². The molecule has 0 aliphatic rings. The summed E-state index contributed by atoms with van der Waals surface area (Å²) in [5.74, 6) is 6.64. The molecule has 0 fully saturated rings. The van der Waals surface area contributed by atoms with E-state index in [0.717, 1.165) is 11.1 Å². The predicted molar refractivity (Wildman–Crippen MR) is 125 cm³/mol. The van der Waals surface area contributed by atoms with Gasteiger partial charge in [-0.2, -0.15) is 4.36 Å². The van der Waals surface area contributed by atoms with Gasteiger partial charge < -0.3 is 9.47 Å². The van der Waals surface area contributed by atoms with Gasteiger partial charge >= 0.3 is 0 Å². The Hall–Kier alpha value is -3.63. The Kier molecular flexibility index (Phi) is 6.96. The van der Waals surface area contributed by atoms with Crippen molar-refractivity contribution in [2.45, 2.75) is 18.7 Å². The third kappa shape index (κ3) is 5.74. The fourth-order valence-corrected chi connectivity index (χ4v) is 4.40. The first-order valence-corrected chi connectivity index (χ1v) is 11.7. The number of hydrogen-bond acceptors (Lipinski definition) is 5. The highest BCUT2D eigenvalue weighted by molar-refractivity contribution is 7.93. The van der Waals surface area contributed by atoms with Gasteiger partial charge in [-0.05, 0) is 55.3 Å². The summed E-state index contributed by atoms with van der Waals surface area (Å²) in [6.45, 7) is 3.83. The fourth-order valence-electron chi connectivity index (χ4n) is 3.06. The molecule has 1 aromatic heterocycles. The Morgan fingerprint density at radius 2 is 1.47 bits per heavy atom. The predicted octanol–water partition coefficient (Wildman–Crippen LogP) is 4.41. The van der Waals surface area contributed by atoms with Crippen LogP contribution in [0, 0.1) is 25.7 Å². The Bertz CT molecular complexity index is 1320. The molecule has 0 aliphatic heterocycles. The highest BCUT2D eigenvalue weighted by Crippen LogP contribution is 2.22. The van der Waals surface area contributed by atoms with Crippen LogP contribution in [0.4, 0.5) is 0 Å². The van der Waals surface area contributed by atoms with Crippen LogP contribution in [-0.4, -0.2) is 35.6 Å². The second-order valence-electron chi connectivity index (χ2n) is 7.34. The molecule has 164 valence electrons. The molecular weight excluding hydrogens is 424 g/mol. The lowest BCUT2D eigenvalue weighted by Crippen LogP contribution is -2.05. The number of methoxy groups -OCH3 is 2. The first-order valence-electron chi connectivity index (χ1n) is 9.75. The molecular formula is C25H24N2O4S. The maximum Gasteiger partial charge on any atom is 0.286 e. The third-order valence-electron chi connectivity index (χ3n) is 4.58. The van der Waals surface area contributed by atoms with Crippen LogP contribution in [0.1, 0.15) is 32.6 Å². The molecule has 1 atom stereocenters. The molecule has 32 heavy (non-hydrogen) atoms. The van der Waals surface area contributed by atoms with Crippen LogP contribution in [0.2, 0.25) is 0 Å². The minimum Gasteiger partial charge on any atom is -0.497 e. The average Bonchev–Trinajstić information content (AvgIpc) is 2.76. The van der Waals surface area contributed by atoms with Crippen molar-refractivity contribution in [3.63, 3.8) is 0 Å². The number of amides is 1. The van der Waals surface area contributed by atoms with E-state index in [2.05, 4.69) is 21.2 Å². The van der Waals surface area contributed by atoms with Gasteiger partial charge in [-0.1, -0.05) is 17.9 Å². The SMILES string of the molecule is COc1cc(C#Cc2cncc(C(=O)N=S(C)(=O)c3cc(C)cc(C)c3)c2)cc(OC)c1. The molecule has 0 N–H and O–H groups in total. The van der Waals surface area contributed by atoms with Gasteiger partial charge in [0, 0.05) is 40.7 Å². The summed E-state index contributed by atoms with van der Waals surface area (Å²) < 4.78 is 27.6. The zero-order valence-electron chi connectivity index (χ0n) is 18.6. The second kappa shape index (κ2) is 9.67. The van der Waals surface area contributed by atoms with Gasteiger partial charge in [-0.3, -0.25) is 9.78 Å². The average molecular weight is 449 g/mol. The third-order valence-corrected chi connectivity index (χ3v) is 6.20. The number of nitrogens with zero attached hydrogens (tertiary/aromatic N) is 2. The zero-order chi connectivity index (χ0) is 23.3. The first-order chi connectivity index (χ1) is 15.2. The van der Waals surface area contributed by atoms with Crippen LogP contribution in [0.5, 0.6) is 11.5 Å². The lowest BCUT2D eigenvalue weighted by molar-refractivity contribution is 0.100. The van der Waals surface area contributed by atoms with Gasteiger partial charge in [-0.25, -0.2) is 4.21 Å². The molecule has 1 amide bonds. The number of aryl methyl sites for hydroxylation is 2. The standard InChI is InChI=1S/C25H24N2O4S/c1-17-8-18(2)10-24(9-17)32(5,29)27-25(28)21-11-20(15-26-16-21)7-6-19-12-22(30-3)14-23(13-19)31-4/h8-16H,1-5H3. The van der Waals surface area contributed by atoms with Crippen LogP contribution < -0.4 is 9.47 Å². The summed E-state index contributed by atoms with van der Waals surface area (Å²) in [6, 6.07) is 12.5. The molecule has 0 radical (unpaired) electrons. The Balaban J connectivity index is 1.91. The molecule has 0 saturated heterocycles. The second-order valence-corrected chi connectivity index (χ2v) is 9.60. The van der Waals surface area contributed by atoms with Crippen molar-refractivity contribution in [3.05, 3.63) is 82.7 Å². The molecule has 1 heterocycles. The Morgan fingerprint density at radius 3 is 2.06 bits per heavy atom. The molecule has 3 aromatic rings. The molecule has 0 bridgehead atoms. The van der Waals surface area contributed by atoms with Crippen molar-refractivity contribution >= 4 is 15.6 Å². The van der Waals surface area contributed by atoms with Gasteiger partial charge in [0.2, 0.25) is 0 Å². The summed E-state index contributed by atoms with van der Waals surface area (Å²) >= 11 is 0. The van der Waals surface area contributed by atoms with E-state index in [0.29, 0.717) is 27.5 Å². The van der Waals surface area contributed by atoms with E-state index in [1.807, 2.05) is 19.9 Å². The monoisotopic (exact) mass is 448 g/mol. The van der Waals surface area contributed by atoms with Crippen molar-refractivity contribution in [3.8, 4) is 23.3 Å². The smallest absolute Gasteiger partial charge is 0.286 e. The van der Waals surface area contributed by atoms with Crippen molar-refractivity contribution in [2.24, 2.45) is 4.36 Å². The van der Waals surface area contributed by atoms with E-state index >= 15 is 0 Å². The highest BCUT2D eigenvalue weighted by atomic mass is 32.2. The summed E-state index contributed by atoms with van der Waals surface area (Å²) in [7, 11) is 0.233. The summed E-state index contributed by atoms with van der Waals surface area (Å²) in [5, 5.41) is 0. The van der Waals surface area contributed by atoms with Crippen LogP contribution in [0.3, 0.4) is 0 Å². The number of pyridine rings is 1. The van der Waals surface area contributed by atoms with Gasteiger partial charge in [0.05, 0.1) is 29.5 Å². The molecule has 7 heteroatoms. The van der Waals surface area contributed by atoms with Crippen LogP contribution >= 0.6 is 0 Å². The molecule has 0 spiro atoms. The largest absolute Gasteiger partial charge is 0.497 e. The van der Waals surface area contributed by atoms with Crippen molar-refractivity contribution < 1.29 is 18.5 Å². The van der Waals surface area contributed by atoms with Gasteiger partial charge in [0.15, 0.2) is 0 Å². The van der Waals surface area contributed by atoms with E-state index in [1.165, 1.54) is 12.5 Å². The summed E-state index contributed by atoms with van der Waals surface area (Å²) in [5.41, 5.74) is 3.37. The molecule has 6 nitrogen and oxygen atoms in total. The molecule has 2 aromatic carbocycles.